The van der Waals surface area contributed by atoms with Crippen LogP contribution < -0.4 is 5.11 Å². The summed E-state index contributed by atoms with van der Waals surface area (Å²) in [7, 11) is 0. The Morgan fingerprint density at radius 1 is 1.40 bits per heavy atom. The van der Waals surface area contributed by atoms with Crippen LogP contribution in [0.3, 0.4) is 0 Å². The molecule has 0 N–H and O–H groups in total. The first kappa shape index (κ1) is 7.05. The van der Waals surface area contributed by atoms with E-state index in [-0.39, 0.29) is 5.78 Å². The maximum Gasteiger partial charge on any atom is 0.136 e. The zero-order chi connectivity index (χ0) is 7.56. The highest BCUT2D eigenvalue weighted by molar-refractivity contribution is 5.81. The molecule has 0 aromatic rings. The number of ketones is 1. The normalized spacial score (nSPS) is 19.2. The Bertz CT molecular complexity index is 156. The predicted molar refractivity (Wildman–Crippen MR) is 31.2 cm³/mol. The first-order valence-corrected chi connectivity index (χ1v) is 3.18. The predicted octanol–water partition coefficient (Wildman–Crippen LogP) is -1.01. The van der Waals surface area contributed by atoms with Gasteiger partial charge in [-0.3, -0.25) is 4.79 Å². The van der Waals surface area contributed by atoms with Crippen molar-refractivity contribution in [3.05, 3.63) is 0 Å². The van der Waals surface area contributed by atoms with Crippen molar-refractivity contribution >= 4 is 11.9 Å². The fourth-order valence-electron chi connectivity index (χ4n) is 0.939. The second-order valence-electron chi connectivity index (χ2n) is 2.29. The lowest BCUT2D eigenvalue weighted by Gasteiger charge is -2.27. The van der Waals surface area contributed by atoms with Crippen LogP contribution in [-0.4, -0.2) is 29.9 Å². The van der Waals surface area contributed by atoms with E-state index in [1.807, 2.05) is 0 Å². The summed E-state index contributed by atoms with van der Waals surface area (Å²) in [4.78, 5) is 21.9. The van der Waals surface area contributed by atoms with Crippen LogP contribution in [0.2, 0.25) is 0 Å². The standard InChI is InChI=1S/C6H9NO3/c8-5-1-3-7(4-2-5)6(9)10/h1-4H2,(H,9,10)/p-1. The van der Waals surface area contributed by atoms with Crippen molar-refractivity contribution in [3.8, 4) is 0 Å². The van der Waals surface area contributed by atoms with Gasteiger partial charge in [-0.1, -0.05) is 0 Å². The Morgan fingerprint density at radius 3 is 2.30 bits per heavy atom. The summed E-state index contributed by atoms with van der Waals surface area (Å²) in [5, 5.41) is 10.2. The van der Waals surface area contributed by atoms with Gasteiger partial charge in [0.15, 0.2) is 0 Å². The molecule has 1 amide bonds. The van der Waals surface area contributed by atoms with E-state index < -0.39 is 6.09 Å². The monoisotopic (exact) mass is 142 g/mol. The smallest absolute Gasteiger partial charge is 0.136 e. The molecular formula is C6H8NO3-. The van der Waals surface area contributed by atoms with Gasteiger partial charge in [-0.25, -0.2) is 0 Å². The topological polar surface area (TPSA) is 60.4 Å². The van der Waals surface area contributed by atoms with Crippen molar-refractivity contribution in [1.82, 2.24) is 4.90 Å². The van der Waals surface area contributed by atoms with E-state index in [0.29, 0.717) is 25.9 Å². The number of piperidine rings is 1. The second-order valence-corrected chi connectivity index (χ2v) is 2.29. The minimum absolute atomic E-state index is 0.137. The quantitative estimate of drug-likeness (QED) is 0.435. The number of rotatable bonds is 0. The van der Waals surface area contributed by atoms with Gasteiger partial charge in [-0.2, -0.15) is 0 Å². The van der Waals surface area contributed by atoms with Crippen molar-refractivity contribution < 1.29 is 14.7 Å². The molecule has 10 heavy (non-hydrogen) atoms. The molecule has 1 aliphatic rings. The molecular weight excluding hydrogens is 134 g/mol. The van der Waals surface area contributed by atoms with Gasteiger partial charge < -0.3 is 14.8 Å². The first-order chi connectivity index (χ1) is 4.70. The molecule has 4 heteroatoms. The van der Waals surface area contributed by atoms with Gasteiger partial charge in [0.25, 0.3) is 0 Å². The van der Waals surface area contributed by atoms with E-state index in [9.17, 15) is 14.7 Å². The van der Waals surface area contributed by atoms with E-state index in [1.165, 1.54) is 0 Å². The van der Waals surface area contributed by atoms with Crippen molar-refractivity contribution in [3.63, 3.8) is 0 Å². The molecule has 56 valence electrons. The van der Waals surface area contributed by atoms with Crippen LogP contribution >= 0.6 is 0 Å². The lowest BCUT2D eigenvalue weighted by atomic mass is 10.1. The average Bonchev–Trinajstić information content (AvgIpc) is 1.88. The number of hydrogen-bond donors (Lipinski definition) is 0. The average molecular weight is 142 g/mol. The number of hydrogen-bond acceptors (Lipinski definition) is 3. The van der Waals surface area contributed by atoms with Gasteiger partial charge in [-0.15, -0.1) is 0 Å². The molecule has 0 aromatic carbocycles. The Hall–Kier alpha value is -1.06. The molecule has 0 spiro atoms. The maximum atomic E-state index is 10.6. The van der Waals surface area contributed by atoms with Gasteiger partial charge in [0.1, 0.15) is 11.9 Å². The minimum atomic E-state index is -1.17. The number of carbonyl (C=O) groups is 2. The Kier molecular flexibility index (Phi) is 1.89. The van der Waals surface area contributed by atoms with Crippen LogP contribution in [-0.2, 0) is 4.79 Å². The number of amides is 1. The fraction of sp³-hybridized carbons (Fsp3) is 0.667. The highest BCUT2D eigenvalue weighted by Crippen LogP contribution is 2.03. The highest BCUT2D eigenvalue weighted by atomic mass is 16.4. The third-order valence-electron chi connectivity index (χ3n) is 1.58. The van der Waals surface area contributed by atoms with E-state index in [1.54, 1.807) is 0 Å². The van der Waals surface area contributed by atoms with Crippen molar-refractivity contribution in [1.29, 1.82) is 0 Å². The van der Waals surface area contributed by atoms with Crippen LogP contribution in [0.4, 0.5) is 4.79 Å². The summed E-state index contributed by atoms with van der Waals surface area (Å²) < 4.78 is 0. The van der Waals surface area contributed by atoms with Crippen LogP contribution in [0.25, 0.3) is 0 Å². The van der Waals surface area contributed by atoms with Gasteiger partial charge >= 0.3 is 0 Å². The van der Waals surface area contributed by atoms with E-state index in [2.05, 4.69) is 0 Å². The molecule has 0 aliphatic carbocycles. The molecule has 0 unspecified atom stereocenters. The summed E-state index contributed by atoms with van der Waals surface area (Å²) in [6.07, 6.45) is -0.491. The SMILES string of the molecule is O=C1CCN(C(=O)[O-])CC1. The molecule has 4 nitrogen and oxygen atoms in total. The lowest BCUT2D eigenvalue weighted by molar-refractivity contribution is -0.265. The number of Topliss-reactive ketones (excluding diaryl/α,β-unsaturated/α-hetero) is 1. The summed E-state index contributed by atoms with van der Waals surface area (Å²) in [5.74, 6) is 0.137. The molecule has 0 saturated carbocycles. The van der Waals surface area contributed by atoms with Crippen LogP contribution in [0.5, 0.6) is 0 Å². The van der Waals surface area contributed by atoms with E-state index in [0.717, 1.165) is 4.90 Å². The molecule has 1 fully saturated rings. The largest absolute Gasteiger partial charge is 0.530 e. The molecule has 0 atom stereocenters. The van der Waals surface area contributed by atoms with Crippen LogP contribution in [0.1, 0.15) is 12.8 Å². The molecule has 0 aromatic heterocycles. The number of carboxylic acid groups (broad SMARTS) is 1. The zero-order valence-electron chi connectivity index (χ0n) is 5.50. The maximum absolute atomic E-state index is 10.6. The highest BCUT2D eigenvalue weighted by Gasteiger charge is 2.14. The molecule has 1 saturated heterocycles. The van der Waals surface area contributed by atoms with Gasteiger partial charge in [0.2, 0.25) is 0 Å². The third-order valence-corrected chi connectivity index (χ3v) is 1.58. The number of likely N-dealkylation sites (tertiary alicyclic amines) is 1. The molecule has 1 aliphatic heterocycles. The molecule has 0 bridgehead atoms. The molecule has 1 heterocycles. The van der Waals surface area contributed by atoms with E-state index in [4.69, 9.17) is 0 Å². The second kappa shape index (κ2) is 2.68. The molecule has 0 radical (unpaired) electrons. The summed E-state index contributed by atoms with van der Waals surface area (Å²) in [6.45, 7) is 0.613. The van der Waals surface area contributed by atoms with Crippen molar-refractivity contribution in [2.75, 3.05) is 13.1 Å². The van der Waals surface area contributed by atoms with Crippen LogP contribution in [0.15, 0.2) is 0 Å². The van der Waals surface area contributed by atoms with Gasteiger partial charge in [0.05, 0.1) is 0 Å². The summed E-state index contributed by atoms with van der Waals surface area (Å²) >= 11 is 0. The Labute approximate surface area is 58.4 Å². The Morgan fingerprint density at radius 2 is 1.90 bits per heavy atom. The van der Waals surface area contributed by atoms with Crippen molar-refractivity contribution in [2.24, 2.45) is 0 Å². The third kappa shape index (κ3) is 1.46. The zero-order valence-corrected chi connectivity index (χ0v) is 5.50. The van der Waals surface area contributed by atoms with Gasteiger partial charge in [0, 0.05) is 25.9 Å². The van der Waals surface area contributed by atoms with Crippen molar-refractivity contribution in [2.45, 2.75) is 12.8 Å². The number of nitrogens with zero attached hydrogens (tertiary/aromatic N) is 1. The Balaban J connectivity index is 2.40. The first-order valence-electron chi connectivity index (χ1n) is 3.18. The number of carbonyl (C=O) groups excluding carboxylic acids is 2. The van der Waals surface area contributed by atoms with Gasteiger partial charge in [-0.05, 0) is 0 Å². The van der Waals surface area contributed by atoms with Crippen LogP contribution in [0, 0.1) is 0 Å². The summed E-state index contributed by atoms with van der Waals surface area (Å²) in [5.41, 5.74) is 0. The lowest BCUT2D eigenvalue weighted by Crippen LogP contribution is -2.45. The van der Waals surface area contributed by atoms with E-state index >= 15 is 0 Å². The molecule has 1 rings (SSSR count). The minimum Gasteiger partial charge on any atom is -0.530 e. The fourth-order valence-corrected chi connectivity index (χ4v) is 0.939. The summed E-state index contributed by atoms with van der Waals surface area (Å²) in [6, 6.07) is 0.